The number of rotatable bonds is 3. The summed E-state index contributed by atoms with van der Waals surface area (Å²) in [7, 11) is 1.68. The van der Waals surface area contributed by atoms with Gasteiger partial charge in [-0.3, -0.25) is 0 Å². The molecule has 0 radical (unpaired) electrons. The Labute approximate surface area is 106 Å². The number of hydrogen-bond donors (Lipinski definition) is 1. The van der Waals surface area contributed by atoms with E-state index in [1.807, 2.05) is 0 Å². The maximum Gasteiger partial charge on any atom is 0.361 e. The lowest BCUT2D eigenvalue weighted by Crippen LogP contribution is -2.29. The van der Waals surface area contributed by atoms with Gasteiger partial charge in [-0.05, 0) is 19.3 Å². The van der Waals surface area contributed by atoms with Crippen LogP contribution in [0, 0.1) is 0 Å². The van der Waals surface area contributed by atoms with Gasteiger partial charge >= 0.3 is 5.97 Å². The number of anilines is 1. The van der Waals surface area contributed by atoms with Gasteiger partial charge in [0.25, 0.3) is 0 Å². The molecule has 1 aliphatic carbocycles. The summed E-state index contributed by atoms with van der Waals surface area (Å²) >= 11 is 0. The van der Waals surface area contributed by atoms with Crippen LogP contribution in [0.15, 0.2) is 12.4 Å². The van der Waals surface area contributed by atoms with Crippen LogP contribution < -0.4 is 5.73 Å². The van der Waals surface area contributed by atoms with E-state index < -0.39 is 5.97 Å². The van der Waals surface area contributed by atoms with Crippen LogP contribution in [0.1, 0.15) is 36.2 Å². The van der Waals surface area contributed by atoms with Crippen molar-refractivity contribution in [1.29, 1.82) is 0 Å². The Morgan fingerprint density at radius 1 is 1.33 bits per heavy atom. The lowest BCUT2D eigenvalue weighted by atomic mass is 9.95. The summed E-state index contributed by atoms with van der Waals surface area (Å²) < 4.78 is 10.7. The topological polar surface area (TPSA) is 87.3 Å². The Hall–Kier alpha value is -1.69. The number of esters is 1. The maximum atomic E-state index is 11.9. The highest BCUT2D eigenvalue weighted by atomic mass is 16.5. The van der Waals surface area contributed by atoms with Gasteiger partial charge in [0.05, 0.1) is 6.10 Å². The number of nitrogens with zero attached hydrogens (tertiary/aromatic N) is 2. The van der Waals surface area contributed by atoms with E-state index in [0.717, 1.165) is 25.7 Å². The van der Waals surface area contributed by atoms with E-state index in [1.54, 1.807) is 7.11 Å². The van der Waals surface area contributed by atoms with Gasteiger partial charge in [-0.1, -0.05) is 0 Å². The molecule has 6 heteroatoms. The summed E-state index contributed by atoms with van der Waals surface area (Å²) in [5.74, 6) is -0.413. The van der Waals surface area contributed by atoms with Crippen molar-refractivity contribution >= 4 is 11.8 Å². The van der Waals surface area contributed by atoms with Gasteiger partial charge in [0.1, 0.15) is 6.10 Å². The molecule has 0 bridgehead atoms. The van der Waals surface area contributed by atoms with Gasteiger partial charge in [-0.15, -0.1) is 0 Å². The van der Waals surface area contributed by atoms with Crippen molar-refractivity contribution in [2.24, 2.45) is 0 Å². The molecule has 2 atom stereocenters. The van der Waals surface area contributed by atoms with Crippen molar-refractivity contribution in [2.75, 3.05) is 12.8 Å². The van der Waals surface area contributed by atoms with Gasteiger partial charge < -0.3 is 15.2 Å². The lowest BCUT2D eigenvalue weighted by Gasteiger charge is -2.27. The van der Waals surface area contributed by atoms with Crippen molar-refractivity contribution < 1.29 is 14.3 Å². The predicted octanol–water partition coefficient (Wildman–Crippen LogP) is 1.17. The SMILES string of the molecule is COC1CCCC(OC(=O)c2nccnc2N)C1. The fraction of sp³-hybridized carbons (Fsp3) is 0.583. The minimum Gasteiger partial charge on any atom is -0.457 e. The van der Waals surface area contributed by atoms with Gasteiger partial charge in [-0.2, -0.15) is 0 Å². The van der Waals surface area contributed by atoms with Crippen LogP contribution in [0.25, 0.3) is 0 Å². The molecule has 0 saturated heterocycles. The normalized spacial score (nSPS) is 23.6. The van der Waals surface area contributed by atoms with Gasteiger partial charge in [0.2, 0.25) is 0 Å². The molecule has 0 aliphatic heterocycles. The fourth-order valence-electron chi connectivity index (χ4n) is 2.14. The summed E-state index contributed by atoms with van der Waals surface area (Å²) in [4.78, 5) is 19.6. The Kier molecular flexibility index (Phi) is 4.09. The second-order valence-electron chi connectivity index (χ2n) is 4.34. The zero-order chi connectivity index (χ0) is 13.0. The van der Waals surface area contributed by atoms with Crippen molar-refractivity contribution in [1.82, 2.24) is 9.97 Å². The molecule has 1 aliphatic rings. The van der Waals surface area contributed by atoms with Crippen molar-refractivity contribution in [3.8, 4) is 0 Å². The average Bonchev–Trinajstić information content (AvgIpc) is 2.39. The van der Waals surface area contributed by atoms with Gasteiger partial charge in [0, 0.05) is 25.9 Å². The summed E-state index contributed by atoms with van der Waals surface area (Å²) in [5.41, 5.74) is 5.66. The summed E-state index contributed by atoms with van der Waals surface area (Å²) in [6.07, 6.45) is 6.48. The number of nitrogens with two attached hydrogens (primary N) is 1. The second kappa shape index (κ2) is 5.77. The van der Waals surface area contributed by atoms with E-state index in [0.29, 0.717) is 0 Å². The molecule has 0 aromatic carbocycles. The largest absolute Gasteiger partial charge is 0.457 e. The number of ether oxygens (including phenoxy) is 2. The molecular weight excluding hydrogens is 234 g/mol. The zero-order valence-electron chi connectivity index (χ0n) is 10.3. The highest BCUT2D eigenvalue weighted by Gasteiger charge is 2.26. The molecule has 0 spiro atoms. The molecular formula is C12H17N3O3. The molecule has 2 N–H and O–H groups in total. The number of aromatic nitrogens is 2. The monoisotopic (exact) mass is 251 g/mol. The van der Waals surface area contributed by atoms with Crippen molar-refractivity contribution in [2.45, 2.75) is 37.9 Å². The Morgan fingerprint density at radius 3 is 2.78 bits per heavy atom. The first kappa shape index (κ1) is 12.8. The summed E-state index contributed by atoms with van der Waals surface area (Å²) in [6, 6.07) is 0. The standard InChI is InChI=1S/C12H17N3O3/c1-17-8-3-2-4-9(7-8)18-12(16)10-11(13)15-6-5-14-10/h5-6,8-9H,2-4,7H2,1H3,(H2,13,15). The highest BCUT2D eigenvalue weighted by Crippen LogP contribution is 2.24. The van der Waals surface area contributed by atoms with E-state index in [-0.39, 0.29) is 23.7 Å². The molecule has 1 aromatic rings. The van der Waals surface area contributed by atoms with E-state index in [1.165, 1.54) is 12.4 Å². The van der Waals surface area contributed by atoms with Crippen LogP contribution >= 0.6 is 0 Å². The minimum atomic E-state index is -0.512. The first-order chi connectivity index (χ1) is 8.70. The van der Waals surface area contributed by atoms with E-state index >= 15 is 0 Å². The van der Waals surface area contributed by atoms with Gasteiger partial charge in [0.15, 0.2) is 11.5 Å². The third kappa shape index (κ3) is 2.95. The third-order valence-electron chi connectivity index (χ3n) is 3.10. The van der Waals surface area contributed by atoms with Gasteiger partial charge in [-0.25, -0.2) is 14.8 Å². The Bertz CT molecular complexity index is 425. The van der Waals surface area contributed by atoms with Crippen LogP contribution in [0.5, 0.6) is 0 Å². The number of carbonyl (C=O) groups is 1. The van der Waals surface area contributed by atoms with Crippen LogP contribution in [-0.2, 0) is 9.47 Å². The number of nitrogen functional groups attached to an aromatic ring is 1. The predicted molar refractivity (Wildman–Crippen MR) is 64.9 cm³/mol. The van der Waals surface area contributed by atoms with E-state index in [4.69, 9.17) is 15.2 Å². The zero-order valence-corrected chi connectivity index (χ0v) is 10.3. The molecule has 98 valence electrons. The maximum absolute atomic E-state index is 11.9. The first-order valence-corrected chi connectivity index (χ1v) is 6.01. The highest BCUT2D eigenvalue weighted by molar-refractivity contribution is 5.91. The minimum absolute atomic E-state index is 0.0806. The molecule has 1 saturated carbocycles. The third-order valence-corrected chi connectivity index (χ3v) is 3.10. The number of carbonyl (C=O) groups excluding carboxylic acids is 1. The van der Waals surface area contributed by atoms with Crippen LogP contribution in [0.4, 0.5) is 5.82 Å². The van der Waals surface area contributed by atoms with Crippen LogP contribution in [-0.4, -0.2) is 35.3 Å². The molecule has 2 unspecified atom stereocenters. The molecule has 1 aromatic heterocycles. The Morgan fingerprint density at radius 2 is 2.06 bits per heavy atom. The van der Waals surface area contributed by atoms with Crippen LogP contribution in [0.3, 0.4) is 0 Å². The van der Waals surface area contributed by atoms with E-state index in [9.17, 15) is 4.79 Å². The number of methoxy groups -OCH3 is 1. The molecule has 1 heterocycles. The second-order valence-corrected chi connectivity index (χ2v) is 4.34. The first-order valence-electron chi connectivity index (χ1n) is 6.01. The molecule has 1 fully saturated rings. The molecule has 18 heavy (non-hydrogen) atoms. The molecule has 2 rings (SSSR count). The lowest BCUT2D eigenvalue weighted by molar-refractivity contribution is -0.0152. The Balaban J connectivity index is 1.97. The summed E-state index contributed by atoms with van der Waals surface area (Å²) in [5, 5.41) is 0. The molecule has 6 nitrogen and oxygen atoms in total. The smallest absolute Gasteiger partial charge is 0.361 e. The van der Waals surface area contributed by atoms with Crippen molar-refractivity contribution in [3.05, 3.63) is 18.1 Å². The van der Waals surface area contributed by atoms with Crippen molar-refractivity contribution in [3.63, 3.8) is 0 Å². The van der Waals surface area contributed by atoms with Crippen LogP contribution in [0.2, 0.25) is 0 Å². The fourth-order valence-corrected chi connectivity index (χ4v) is 2.14. The summed E-state index contributed by atoms with van der Waals surface area (Å²) in [6.45, 7) is 0. The number of hydrogen-bond acceptors (Lipinski definition) is 6. The average molecular weight is 251 g/mol. The molecule has 0 amide bonds. The van der Waals surface area contributed by atoms with E-state index in [2.05, 4.69) is 9.97 Å². The quantitative estimate of drug-likeness (QED) is 0.811.